The molecule has 4 heteroatoms. The molecule has 1 aromatic heterocycles. The van der Waals surface area contributed by atoms with Gasteiger partial charge in [-0.05, 0) is 19.1 Å². The van der Waals surface area contributed by atoms with Gasteiger partial charge in [0.2, 0.25) is 0 Å². The zero-order valence-electron chi connectivity index (χ0n) is 9.45. The third-order valence-corrected chi connectivity index (χ3v) is 2.14. The molecule has 0 saturated heterocycles. The van der Waals surface area contributed by atoms with E-state index in [1.807, 2.05) is 12.1 Å². The summed E-state index contributed by atoms with van der Waals surface area (Å²) in [5, 5.41) is 6.66. The molecule has 0 fully saturated rings. The van der Waals surface area contributed by atoms with Crippen LogP contribution in [0.2, 0.25) is 0 Å². The Kier molecular flexibility index (Phi) is 6.08. The smallest absolute Gasteiger partial charge is 0.117 e. The van der Waals surface area contributed by atoms with E-state index in [1.165, 1.54) is 0 Å². The first kappa shape index (κ1) is 12.2. The van der Waals surface area contributed by atoms with Crippen molar-refractivity contribution in [2.75, 3.05) is 26.8 Å². The van der Waals surface area contributed by atoms with E-state index < -0.39 is 0 Å². The predicted octanol–water partition coefficient (Wildman–Crippen LogP) is 0.994. The Morgan fingerprint density at radius 1 is 1.53 bits per heavy atom. The molecule has 86 valence electrons. The van der Waals surface area contributed by atoms with Gasteiger partial charge in [-0.25, -0.2) is 0 Å². The first-order valence-corrected chi connectivity index (χ1v) is 5.28. The first-order chi connectivity index (χ1) is 7.33. The summed E-state index contributed by atoms with van der Waals surface area (Å²) in [6, 6.07) is 4.29. The third-order valence-electron chi connectivity index (χ3n) is 2.14. The van der Waals surface area contributed by atoms with Gasteiger partial charge in [-0.1, -0.05) is 0 Å². The summed E-state index contributed by atoms with van der Waals surface area (Å²) in [5.74, 6) is 0.971. The molecular formula is C11H20N2O2. The van der Waals surface area contributed by atoms with Crippen LogP contribution in [0.3, 0.4) is 0 Å². The second kappa shape index (κ2) is 7.45. The molecule has 0 aliphatic heterocycles. The molecule has 0 aliphatic carbocycles. The van der Waals surface area contributed by atoms with Crippen molar-refractivity contribution in [3.8, 4) is 0 Å². The van der Waals surface area contributed by atoms with Crippen molar-refractivity contribution in [3.63, 3.8) is 0 Å². The second-order valence-electron chi connectivity index (χ2n) is 3.56. The molecule has 0 aromatic carbocycles. The zero-order valence-corrected chi connectivity index (χ0v) is 9.45. The lowest BCUT2D eigenvalue weighted by Crippen LogP contribution is -2.37. The van der Waals surface area contributed by atoms with Gasteiger partial charge >= 0.3 is 0 Å². The van der Waals surface area contributed by atoms with Crippen molar-refractivity contribution in [2.24, 2.45) is 0 Å². The van der Waals surface area contributed by atoms with Gasteiger partial charge in [-0.15, -0.1) is 0 Å². The fraction of sp³-hybridized carbons (Fsp3) is 0.636. The standard InChI is InChI=1S/C11H20N2O2/c1-10(8-12-5-7-14-2)13-9-11-4-3-6-15-11/h3-4,6,10,12-13H,5,7-9H2,1-2H3. The molecule has 0 radical (unpaired) electrons. The molecule has 0 spiro atoms. The van der Waals surface area contributed by atoms with Crippen molar-refractivity contribution < 1.29 is 9.15 Å². The van der Waals surface area contributed by atoms with E-state index in [9.17, 15) is 0 Å². The van der Waals surface area contributed by atoms with Gasteiger partial charge in [0.25, 0.3) is 0 Å². The molecule has 1 heterocycles. The summed E-state index contributed by atoms with van der Waals surface area (Å²) in [4.78, 5) is 0. The lowest BCUT2D eigenvalue weighted by Gasteiger charge is -2.13. The SMILES string of the molecule is COCCNCC(C)NCc1ccco1. The maximum absolute atomic E-state index is 5.22. The van der Waals surface area contributed by atoms with E-state index in [2.05, 4.69) is 17.6 Å². The van der Waals surface area contributed by atoms with Crippen molar-refractivity contribution in [1.82, 2.24) is 10.6 Å². The molecule has 0 bridgehead atoms. The topological polar surface area (TPSA) is 46.4 Å². The van der Waals surface area contributed by atoms with Crippen LogP contribution < -0.4 is 10.6 Å². The van der Waals surface area contributed by atoms with Gasteiger partial charge in [0.1, 0.15) is 5.76 Å². The van der Waals surface area contributed by atoms with Crippen LogP contribution in [-0.2, 0) is 11.3 Å². The highest BCUT2D eigenvalue weighted by Crippen LogP contribution is 1.98. The lowest BCUT2D eigenvalue weighted by atomic mass is 10.3. The summed E-state index contributed by atoms with van der Waals surface area (Å²) >= 11 is 0. The summed E-state index contributed by atoms with van der Waals surface area (Å²) < 4.78 is 10.2. The van der Waals surface area contributed by atoms with Crippen molar-refractivity contribution in [1.29, 1.82) is 0 Å². The van der Waals surface area contributed by atoms with E-state index in [4.69, 9.17) is 9.15 Å². The molecule has 15 heavy (non-hydrogen) atoms. The van der Waals surface area contributed by atoms with Crippen LogP contribution in [0, 0.1) is 0 Å². The van der Waals surface area contributed by atoms with Crippen LogP contribution in [0.15, 0.2) is 22.8 Å². The number of ether oxygens (including phenoxy) is 1. The van der Waals surface area contributed by atoms with Crippen LogP contribution in [0.25, 0.3) is 0 Å². The molecule has 1 atom stereocenters. The number of rotatable bonds is 8. The first-order valence-electron chi connectivity index (χ1n) is 5.28. The fourth-order valence-electron chi connectivity index (χ4n) is 1.25. The molecular weight excluding hydrogens is 192 g/mol. The van der Waals surface area contributed by atoms with Gasteiger partial charge in [-0.3, -0.25) is 0 Å². The second-order valence-corrected chi connectivity index (χ2v) is 3.56. The summed E-state index contributed by atoms with van der Waals surface area (Å²) in [6.07, 6.45) is 1.69. The molecule has 0 aliphatic rings. The van der Waals surface area contributed by atoms with Crippen molar-refractivity contribution >= 4 is 0 Å². The molecule has 1 aromatic rings. The van der Waals surface area contributed by atoms with Crippen molar-refractivity contribution in [2.45, 2.75) is 19.5 Å². The Balaban J connectivity index is 2.01. The Labute approximate surface area is 91.0 Å². The number of hydrogen-bond donors (Lipinski definition) is 2. The molecule has 1 unspecified atom stereocenters. The average Bonchev–Trinajstić information content (AvgIpc) is 2.74. The van der Waals surface area contributed by atoms with Gasteiger partial charge < -0.3 is 19.8 Å². The molecule has 1 rings (SSSR count). The number of methoxy groups -OCH3 is 1. The minimum absolute atomic E-state index is 0.423. The van der Waals surface area contributed by atoms with Crippen LogP contribution in [0.1, 0.15) is 12.7 Å². The Hall–Kier alpha value is -0.840. The minimum Gasteiger partial charge on any atom is -0.468 e. The van der Waals surface area contributed by atoms with Crippen LogP contribution in [0.5, 0.6) is 0 Å². The lowest BCUT2D eigenvalue weighted by molar-refractivity contribution is 0.198. The molecule has 4 nitrogen and oxygen atoms in total. The summed E-state index contributed by atoms with van der Waals surface area (Å²) in [7, 11) is 1.71. The quantitative estimate of drug-likeness (QED) is 0.631. The van der Waals surface area contributed by atoms with Gasteiger partial charge in [0, 0.05) is 26.2 Å². The van der Waals surface area contributed by atoms with E-state index in [-0.39, 0.29) is 0 Å². The zero-order chi connectivity index (χ0) is 10.9. The molecule has 0 saturated carbocycles. The predicted molar refractivity (Wildman–Crippen MR) is 59.8 cm³/mol. The Morgan fingerprint density at radius 2 is 2.40 bits per heavy atom. The number of nitrogens with one attached hydrogen (secondary N) is 2. The fourth-order valence-corrected chi connectivity index (χ4v) is 1.25. The van der Waals surface area contributed by atoms with Gasteiger partial charge in [-0.2, -0.15) is 0 Å². The number of hydrogen-bond acceptors (Lipinski definition) is 4. The Bertz CT molecular complexity index is 237. The summed E-state index contributed by atoms with van der Waals surface area (Å²) in [6.45, 7) is 5.50. The Morgan fingerprint density at radius 3 is 3.07 bits per heavy atom. The van der Waals surface area contributed by atoms with Gasteiger partial charge in [0.15, 0.2) is 0 Å². The summed E-state index contributed by atoms with van der Waals surface area (Å²) in [5.41, 5.74) is 0. The maximum atomic E-state index is 5.22. The van der Waals surface area contributed by atoms with E-state index in [0.29, 0.717) is 6.04 Å². The highest BCUT2D eigenvalue weighted by atomic mass is 16.5. The van der Waals surface area contributed by atoms with E-state index in [0.717, 1.165) is 32.0 Å². The van der Waals surface area contributed by atoms with Gasteiger partial charge in [0.05, 0.1) is 19.4 Å². The molecule has 0 amide bonds. The van der Waals surface area contributed by atoms with Crippen LogP contribution in [0.4, 0.5) is 0 Å². The van der Waals surface area contributed by atoms with E-state index in [1.54, 1.807) is 13.4 Å². The average molecular weight is 212 g/mol. The normalized spacial score (nSPS) is 12.9. The third kappa shape index (κ3) is 5.57. The minimum atomic E-state index is 0.423. The highest BCUT2D eigenvalue weighted by molar-refractivity contribution is 4.97. The number of furan rings is 1. The largest absolute Gasteiger partial charge is 0.468 e. The highest BCUT2D eigenvalue weighted by Gasteiger charge is 2.01. The van der Waals surface area contributed by atoms with Crippen LogP contribution >= 0.6 is 0 Å². The van der Waals surface area contributed by atoms with E-state index >= 15 is 0 Å². The maximum Gasteiger partial charge on any atom is 0.117 e. The molecule has 2 N–H and O–H groups in total. The monoisotopic (exact) mass is 212 g/mol. The van der Waals surface area contributed by atoms with Crippen molar-refractivity contribution in [3.05, 3.63) is 24.2 Å². The van der Waals surface area contributed by atoms with Crippen LogP contribution in [-0.4, -0.2) is 32.8 Å².